The van der Waals surface area contributed by atoms with E-state index in [1.807, 2.05) is 13.8 Å². The van der Waals surface area contributed by atoms with Crippen LogP contribution in [0.1, 0.15) is 25.5 Å². The fourth-order valence-electron chi connectivity index (χ4n) is 1.47. The summed E-state index contributed by atoms with van der Waals surface area (Å²) >= 11 is 0. The maximum atomic E-state index is 13.2. The molecular weight excluding hydrogens is 205 g/mol. The van der Waals surface area contributed by atoms with E-state index in [4.69, 9.17) is 11.2 Å². The van der Waals surface area contributed by atoms with Crippen molar-refractivity contribution in [1.82, 2.24) is 5.32 Å². The molecule has 2 nitrogen and oxygen atoms in total. The van der Waals surface area contributed by atoms with E-state index in [0.717, 1.165) is 5.56 Å². The maximum absolute atomic E-state index is 13.2. The highest BCUT2D eigenvalue weighted by Gasteiger charge is 2.10. The summed E-state index contributed by atoms with van der Waals surface area (Å²) in [5, 5.41) is 3.20. The quantitative estimate of drug-likeness (QED) is 0.789. The van der Waals surface area contributed by atoms with Crippen LogP contribution in [-0.2, 0) is 0 Å². The molecule has 0 aromatic heterocycles. The molecule has 0 aliphatic carbocycles. The molecule has 0 saturated heterocycles. The first-order valence-electron chi connectivity index (χ1n) is 5.14. The van der Waals surface area contributed by atoms with Crippen molar-refractivity contribution in [2.24, 2.45) is 0 Å². The second kappa shape index (κ2) is 5.53. The van der Waals surface area contributed by atoms with Crippen molar-refractivity contribution in [3.05, 3.63) is 29.6 Å². The summed E-state index contributed by atoms with van der Waals surface area (Å²) < 4.78 is 18.1. The molecule has 3 heteroatoms. The second-order valence-corrected chi connectivity index (χ2v) is 3.67. The first kappa shape index (κ1) is 12.5. The average Bonchev–Trinajstić information content (AvgIpc) is 2.29. The lowest BCUT2D eigenvalue weighted by atomic mass is 10.1. The number of rotatable bonds is 4. The fourth-order valence-corrected chi connectivity index (χ4v) is 1.47. The van der Waals surface area contributed by atoms with Crippen LogP contribution in [0.15, 0.2) is 18.2 Å². The molecule has 1 rings (SSSR count). The Kier molecular flexibility index (Phi) is 4.33. The second-order valence-electron chi connectivity index (χ2n) is 3.67. The van der Waals surface area contributed by atoms with Crippen LogP contribution in [-0.4, -0.2) is 13.2 Å². The summed E-state index contributed by atoms with van der Waals surface area (Å²) in [5.41, 5.74) is 0.945. The SMILES string of the molecule is C#CC(C)NC(C)c1ccc(F)c(OC)c1. The van der Waals surface area contributed by atoms with Gasteiger partial charge in [0, 0.05) is 6.04 Å². The largest absolute Gasteiger partial charge is 0.494 e. The topological polar surface area (TPSA) is 21.3 Å². The summed E-state index contributed by atoms with van der Waals surface area (Å²) in [6, 6.07) is 4.83. The number of nitrogens with one attached hydrogen (secondary N) is 1. The van der Waals surface area contributed by atoms with E-state index in [1.165, 1.54) is 13.2 Å². The third-order valence-electron chi connectivity index (χ3n) is 2.43. The molecule has 1 aromatic carbocycles. The van der Waals surface area contributed by atoms with Gasteiger partial charge in [0.15, 0.2) is 11.6 Å². The van der Waals surface area contributed by atoms with E-state index in [9.17, 15) is 4.39 Å². The molecule has 0 saturated carbocycles. The van der Waals surface area contributed by atoms with Crippen molar-refractivity contribution < 1.29 is 9.13 Å². The van der Waals surface area contributed by atoms with Crippen molar-refractivity contribution in [3.63, 3.8) is 0 Å². The number of hydrogen-bond acceptors (Lipinski definition) is 2. The van der Waals surface area contributed by atoms with Gasteiger partial charge in [-0.3, -0.25) is 5.32 Å². The van der Waals surface area contributed by atoms with Crippen LogP contribution in [0.3, 0.4) is 0 Å². The first-order valence-corrected chi connectivity index (χ1v) is 5.14. The molecule has 1 N–H and O–H groups in total. The van der Waals surface area contributed by atoms with Gasteiger partial charge in [-0.15, -0.1) is 6.42 Å². The van der Waals surface area contributed by atoms with Crippen molar-refractivity contribution in [3.8, 4) is 18.1 Å². The van der Waals surface area contributed by atoms with Gasteiger partial charge in [0.25, 0.3) is 0 Å². The smallest absolute Gasteiger partial charge is 0.165 e. The zero-order chi connectivity index (χ0) is 12.1. The maximum Gasteiger partial charge on any atom is 0.165 e. The van der Waals surface area contributed by atoms with Crippen LogP contribution in [0, 0.1) is 18.2 Å². The molecule has 0 spiro atoms. The van der Waals surface area contributed by atoms with E-state index in [0.29, 0.717) is 0 Å². The predicted octanol–water partition coefficient (Wildman–Crippen LogP) is 2.51. The lowest BCUT2D eigenvalue weighted by molar-refractivity contribution is 0.385. The van der Waals surface area contributed by atoms with E-state index < -0.39 is 0 Å². The van der Waals surface area contributed by atoms with Gasteiger partial charge in [0.2, 0.25) is 0 Å². The minimum atomic E-state index is -0.358. The lowest BCUT2D eigenvalue weighted by Crippen LogP contribution is -2.27. The number of benzene rings is 1. The van der Waals surface area contributed by atoms with Gasteiger partial charge in [-0.1, -0.05) is 12.0 Å². The predicted molar refractivity (Wildman–Crippen MR) is 62.8 cm³/mol. The van der Waals surface area contributed by atoms with Gasteiger partial charge >= 0.3 is 0 Å². The zero-order valence-corrected chi connectivity index (χ0v) is 9.75. The Labute approximate surface area is 95.8 Å². The summed E-state index contributed by atoms with van der Waals surface area (Å²) in [5.74, 6) is 2.48. The monoisotopic (exact) mass is 221 g/mol. The Bertz CT molecular complexity index is 397. The standard InChI is InChI=1S/C13H16FNO/c1-5-9(2)15-10(3)11-6-7-12(14)13(8-11)16-4/h1,6-10,15H,2-4H3. The molecule has 2 atom stereocenters. The summed E-state index contributed by atoms with van der Waals surface area (Å²) in [6.07, 6.45) is 5.28. The fraction of sp³-hybridized carbons (Fsp3) is 0.385. The number of terminal acetylenes is 1. The molecule has 0 bridgehead atoms. The van der Waals surface area contributed by atoms with Gasteiger partial charge in [-0.25, -0.2) is 4.39 Å². The highest BCUT2D eigenvalue weighted by atomic mass is 19.1. The summed E-state index contributed by atoms with van der Waals surface area (Å²) in [7, 11) is 1.45. The molecule has 0 radical (unpaired) electrons. The van der Waals surface area contributed by atoms with Gasteiger partial charge < -0.3 is 4.74 Å². The number of hydrogen-bond donors (Lipinski definition) is 1. The Morgan fingerprint density at radius 2 is 2.12 bits per heavy atom. The van der Waals surface area contributed by atoms with Crippen LogP contribution < -0.4 is 10.1 Å². The van der Waals surface area contributed by atoms with E-state index in [2.05, 4.69) is 11.2 Å². The van der Waals surface area contributed by atoms with Crippen molar-refractivity contribution in [1.29, 1.82) is 0 Å². The third-order valence-corrected chi connectivity index (χ3v) is 2.43. The molecule has 16 heavy (non-hydrogen) atoms. The van der Waals surface area contributed by atoms with E-state index in [-0.39, 0.29) is 23.7 Å². The zero-order valence-electron chi connectivity index (χ0n) is 9.75. The molecule has 2 unspecified atom stereocenters. The van der Waals surface area contributed by atoms with E-state index >= 15 is 0 Å². The van der Waals surface area contributed by atoms with Crippen LogP contribution in [0.4, 0.5) is 4.39 Å². The third kappa shape index (κ3) is 2.98. The minimum Gasteiger partial charge on any atom is -0.494 e. The van der Waals surface area contributed by atoms with Crippen molar-refractivity contribution in [2.75, 3.05) is 7.11 Å². The Morgan fingerprint density at radius 3 is 2.69 bits per heavy atom. The summed E-state index contributed by atoms with van der Waals surface area (Å²) in [4.78, 5) is 0. The highest BCUT2D eigenvalue weighted by molar-refractivity contribution is 5.32. The minimum absolute atomic E-state index is 0.0222. The lowest BCUT2D eigenvalue weighted by Gasteiger charge is -2.17. The van der Waals surface area contributed by atoms with Crippen LogP contribution >= 0.6 is 0 Å². The first-order chi connectivity index (χ1) is 7.58. The molecular formula is C13H16FNO. The molecule has 0 fully saturated rings. The van der Waals surface area contributed by atoms with Gasteiger partial charge in [-0.2, -0.15) is 0 Å². The van der Waals surface area contributed by atoms with Gasteiger partial charge in [0.1, 0.15) is 0 Å². The van der Waals surface area contributed by atoms with Crippen LogP contribution in [0.25, 0.3) is 0 Å². The van der Waals surface area contributed by atoms with Crippen LogP contribution in [0.5, 0.6) is 5.75 Å². The Morgan fingerprint density at radius 1 is 1.44 bits per heavy atom. The van der Waals surface area contributed by atoms with Gasteiger partial charge in [0.05, 0.1) is 13.2 Å². The molecule has 0 aliphatic heterocycles. The molecule has 0 heterocycles. The number of ether oxygens (including phenoxy) is 1. The number of methoxy groups -OCH3 is 1. The van der Waals surface area contributed by atoms with Gasteiger partial charge in [-0.05, 0) is 31.5 Å². The Hall–Kier alpha value is -1.53. The van der Waals surface area contributed by atoms with Crippen molar-refractivity contribution in [2.45, 2.75) is 25.9 Å². The Balaban J connectivity index is 2.84. The normalized spacial score (nSPS) is 13.9. The molecule has 86 valence electrons. The molecule has 0 aliphatic rings. The van der Waals surface area contributed by atoms with E-state index in [1.54, 1.807) is 12.1 Å². The van der Waals surface area contributed by atoms with Crippen molar-refractivity contribution >= 4 is 0 Å². The molecule has 0 amide bonds. The average molecular weight is 221 g/mol. The highest BCUT2D eigenvalue weighted by Crippen LogP contribution is 2.22. The summed E-state index contributed by atoms with van der Waals surface area (Å²) in [6.45, 7) is 3.87. The van der Waals surface area contributed by atoms with Crippen LogP contribution in [0.2, 0.25) is 0 Å². The molecule has 1 aromatic rings. The number of halogens is 1.